The van der Waals surface area contributed by atoms with Gasteiger partial charge in [-0.25, -0.2) is 4.79 Å². The highest BCUT2D eigenvalue weighted by Gasteiger charge is 2.40. The van der Waals surface area contributed by atoms with Crippen LogP contribution in [0.3, 0.4) is 0 Å². The van der Waals surface area contributed by atoms with Crippen molar-refractivity contribution in [2.75, 3.05) is 26.7 Å². The van der Waals surface area contributed by atoms with Gasteiger partial charge in [0.15, 0.2) is 0 Å². The Morgan fingerprint density at radius 3 is 2.36 bits per heavy atom. The van der Waals surface area contributed by atoms with E-state index in [1.807, 2.05) is 6.92 Å². The Labute approximate surface area is 150 Å². The highest BCUT2D eigenvalue weighted by atomic mass is 16.5. The molecule has 1 aliphatic rings. The monoisotopic (exact) mass is 355 g/mol. The number of carbonyl (C=O) groups excluding carboxylic acids is 3. The van der Waals surface area contributed by atoms with E-state index in [1.54, 1.807) is 14.0 Å². The van der Waals surface area contributed by atoms with Gasteiger partial charge in [0.25, 0.3) is 0 Å². The van der Waals surface area contributed by atoms with Crippen molar-refractivity contribution in [1.29, 1.82) is 0 Å². The van der Waals surface area contributed by atoms with Crippen LogP contribution in [0, 0.1) is 29.6 Å². The fraction of sp³-hybridized carbons (Fsp3) is 0.833. The molecule has 25 heavy (non-hydrogen) atoms. The zero-order valence-corrected chi connectivity index (χ0v) is 16.1. The first kappa shape index (κ1) is 21.3. The topological polar surface area (TPSA) is 102 Å². The minimum atomic E-state index is -0.666. The minimum Gasteiger partial charge on any atom is -0.465 e. The average molecular weight is 355 g/mol. The second kappa shape index (κ2) is 9.63. The number of hydrogen-bond acceptors (Lipinski definition) is 4. The summed E-state index contributed by atoms with van der Waals surface area (Å²) in [5.41, 5.74) is 5.48. The number of urea groups is 1. The molecule has 0 aromatic heterocycles. The molecular formula is C18H33N3O4. The first-order chi connectivity index (χ1) is 11.7. The van der Waals surface area contributed by atoms with Crippen LogP contribution < -0.4 is 11.1 Å². The van der Waals surface area contributed by atoms with E-state index in [0.29, 0.717) is 17.8 Å². The van der Waals surface area contributed by atoms with Gasteiger partial charge in [0.05, 0.1) is 6.61 Å². The van der Waals surface area contributed by atoms with Gasteiger partial charge in [0.1, 0.15) is 6.54 Å². The summed E-state index contributed by atoms with van der Waals surface area (Å²) in [5.74, 6) is 0.476. The van der Waals surface area contributed by atoms with Crippen molar-refractivity contribution in [2.45, 2.75) is 40.5 Å². The van der Waals surface area contributed by atoms with Crippen LogP contribution in [0.5, 0.6) is 0 Å². The zero-order chi connectivity index (χ0) is 19.1. The molecule has 5 atom stereocenters. The van der Waals surface area contributed by atoms with Gasteiger partial charge in [-0.2, -0.15) is 0 Å². The first-order valence-corrected chi connectivity index (χ1v) is 9.14. The summed E-state index contributed by atoms with van der Waals surface area (Å²) in [6, 6.07) is -0.666. The third-order valence-corrected chi connectivity index (χ3v) is 5.75. The predicted molar refractivity (Wildman–Crippen MR) is 95.6 cm³/mol. The summed E-state index contributed by atoms with van der Waals surface area (Å²) in [5, 5.41) is 2.69. The molecule has 7 heteroatoms. The van der Waals surface area contributed by atoms with E-state index < -0.39 is 12.0 Å². The van der Waals surface area contributed by atoms with Gasteiger partial charge in [-0.3, -0.25) is 9.59 Å². The summed E-state index contributed by atoms with van der Waals surface area (Å²) >= 11 is 0. The summed E-state index contributed by atoms with van der Waals surface area (Å²) in [6.07, 6.45) is 2.12. The predicted octanol–water partition coefficient (Wildman–Crippen LogP) is 1.61. The van der Waals surface area contributed by atoms with Crippen molar-refractivity contribution < 1.29 is 19.1 Å². The van der Waals surface area contributed by atoms with Crippen molar-refractivity contribution in [3.8, 4) is 0 Å². The largest absolute Gasteiger partial charge is 0.465 e. The number of nitrogens with zero attached hydrogens (tertiary/aromatic N) is 1. The van der Waals surface area contributed by atoms with Crippen molar-refractivity contribution in [1.82, 2.24) is 10.2 Å². The van der Waals surface area contributed by atoms with E-state index >= 15 is 0 Å². The van der Waals surface area contributed by atoms with Gasteiger partial charge < -0.3 is 20.7 Å². The lowest BCUT2D eigenvalue weighted by molar-refractivity contribution is -0.143. The highest BCUT2D eigenvalue weighted by Crippen LogP contribution is 2.43. The number of esters is 1. The molecule has 1 fully saturated rings. The maximum Gasteiger partial charge on any atom is 0.325 e. The lowest BCUT2D eigenvalue weighted by Gasteiger charge is -2.35. The van der Waals surface area contributed by atoms with Crippen LogP contribution in [0.2, 0.25) is 0 Å². The van der Waals surface area contributed by atoms with Crippen LogP contribution in [-0.2, 0) is 14.3 Å². The molecule has 0 radical (unpaired) electrons. The molecule has 0 saturated heterocycles. The maximum absolute atomic E-state index is 12.2. The van der Waals surface area contributed by atoms with E-state index in [1.165, 1.54) is 4.90 Å². The molecule has 3 N–H and O–H groups in total. The Balaban J connectivity index is 2.98. The van der Waals surface area contributed by atoms with Crippen LogP contribution in [0.15, 0.2) is 0 Å². The number of carbonyl (C=O) groups is 3. The molecule has 7 nitrogen and oxygen atoms in total. The minimum absolute atomic E-state index is 0.0539. The number of rotatable bonds is 8. The number of amides is 3. The molecule has 0 heterocycles. The average Bonchev–Trinajstić information content (AvgIpc) is 2.89. The van der Waals surface area contributed by atoms with Gasteiger partial charge in [0.2, 0.25) is 5.91 Å². The quantitative estimate of drug-likeness (QED) is 0.646. The molecule has 2 unspecified atom stereocenters. The fourth-order valence-corrected chi connectivity index (χ4v) is 3.94. The van der Waals surface area contributed by atoms with Crippen molar-refractivity contribution in [3.63, 3.8) is 0 Å². The van der Waals surface area contributed by atoms with Crippen LogP contribution in [0.1, 0.15) is 40.5 Å². The molecule has 0 bridgehead atoms. The van der Waals surface area contributed by atoms with Crippen molar-refractivity contribution >= 4 is 17.9 Å². The molecule has 0 aromatic rings. The third-order valence-electron chi connectivity index (χ3n) is 5.75. The lowest BCUT2D eigenvalue weighted by Crippen LogP contribution is -2.47. The summed E-state index contributed by atoms with van der Waals surface area (Å²) < 4.78 is 4.93. The Morgan fingerprint density at radius 2 is 1.92 bits per heavy atom. The third kappa shape index (κ3) is 5.61. The molecule has 1 rings (SSSR count). The molecule has 0 aliphatic heterocycles. The second-order valence-electron chi connectivity index (χ2n) is 7.17. The Morgan fingerprint density at radius 1 is 1.28 bits per heavy atom. The van der Waals surface area contributed by atoms with Gasteiger partial charge in [0, 0.05) is 19.5 Å². The van der Waals surface area contributed by atoms with Crippen molar-refractivity contribution in [2.24, 2.45) is 35.3 Å². The molecule has 0 aromatic carbocycles. The van der Waals surface area contributed by atoms with Crippen LogP contribution in [0.25, 0.3) is 0 Å². The van der Waals surface area contributed by atoms with E-state index in [9.17, 15) is 14.4 Å². The number of hydrogen-bond donors (Lipinski definition) is 2. The molecule has 1 aliphatic carbocycles. The molecular weight excluding hydrogens is 322 g/mol. The van der Waals surface area contributed by atoms with Gasteiger partial charge in [-0.1, -0.05) is 27.2 Å². The molecule has 1 saturated carbocycles. The van der Waals surface area contributed by atoms with Crippen molar-refractivity contribution in [3.05, 3.63) is 0 Å². The lowest BCUT2D eigenvalue weighted by atomic mass is 9.75. The Hall–Kier alpha value is -1.79. The number of primary amides is 1. The molecule has 144 valence electrons. The smallest absolute Gasteiger partial charge is 0.325 e. The fourth-order valence-electron chi connectivity index (χ4n) is 3.94. The van der Waals surface area contributed by atoms with Gasteiger partial charge >= 0.3 is 12.0 Å². The first-order valence-electron chi connectivity index (χ1n) is 9.14. The van der Waals surface area contributed by atoms with E-state index in [0.717, 1.165) is 12.8 Å². The van der Waals surface area contributed by atoms with E-state index in [-0.39, 0.29) is 37.4 Å². The molecule has 3 amide bonds. The van der Waals surface area contributed by atoms with Gasteiger partial charge in [-0.15, -0.1) is 0 Å². The maximum atomic E-state index is 12.2. The SMILES string of the molecule is CCOC(=O)CN(CC(C(C)C(=O)NC)[C@H]1CC[C@@H](C)[C@H]1C)C(N)=O. The normalized spacial score (nSPS) is 25.1. The van der Waals surface area contributed by atoms with Crippen LogP contribution in [0.4, 0.5) is 4.79 Å². The van der Waals surface area contributed by atoms with E-state index in [4.69, 9.17) is 10.5 Å². The van der Waals surface area contributed by atoms with Crippen LogP contribution >= 0.6 is 0 Å². The zero-order valence-electron chi connectivity index (χ0n) is 16.1. The Kier molecular flexibility index (Phi) is 8.19. The van der Waals surface area contributed by atoms with Crippen LogP contribution in [-0.4, -0.2) is 49.6 Å². The standard InChI is InChI=1S/C18H33N3O4/c1-6-25-16(22)10-21(18(19)24)9-15(13(4)17(23)20-5)14-8-7-11(2)12(14)3/h11-15H,6-10H2,1-5H3,(H2,19,24)(H,20,23)/t11-,12-,13?,14+,15?/m1/s1. The second-order valence-corrected chi connectivity index (χ2v) is 7.17. The number of nitrogens with two attached hydrogens (primary N) is 1. The highest BCUT2D eigenvalue weighted by molar-refractivity contribution is 5.80. The number of ether oxygens (including phenoxy) is 1. The number of nitrogens with one attached hydrogen (secondary N) is 1. The Bertz CT molecular complexity index is 483. The van der Waals surface area contributed by atoms with Gasteiger partial charge in [-0.05, 0) is 37.0 Å². The summed E-state index contributed by atoms with van der Waals surface area (Å²) in [6.45, 7) is 8.36. The van der Waals surface area contributed by atoms with E-state index in [2.05, 4.69) is 19.2 Å². The summed E-state index contributed by atoms with van der Waals surface area (Å²) in [7, 11) is 1.61. The molecule has 0 spiro atoms. The summed E-state index contributed by atoms with van der Waals surface area (Å²) in [4.78, 5) is 37.2.